The fraction of sp³-hybridized carbons (Fsp3) is 0.639. The van der Waals surface area contributed by atoms with E-state index in [-0.39, 0.29) is 24.6 Å². The van der Waals surface area contributed by atoms with Crippen LogP contribution in [-0.4, -0.2) is 61.3 Å². The molecule has 2 atom stereocenters. The number of ether oxygens (including phenoxy) is 3. The second-order valence-electron chi connectivity index (χ2n) is 13.0. The van der Waals surface area contributed by atoms with Crippen LogP contribution in [0.3, 0.4) is 0 Å². The number of nitrogens with zero attached hydrogens (tertiary/aromatic N) is 1. The largest absolute Gasteiger partial charge is 0.495 e. The number of benzene rings is 1. The number of hydrogen-bond acceptors (Lipinski definition) is 8. The standard InChI is InChI=1S/C36H51Br4N3O7/c1-24(2)14-11-9-7-5-4-6-8-10-12-15-30(44)41-18-16-25-20-26(37)33(27(38)21-25)48-19-13-17-42-35(46)31-34(45)36(50-43-31)22-28(39)32(47-3)29(40)23-49-36/h20-21,23-24,34,45H,4-19,22H2,1-3H3,(H,41,44)(H,42,46). The first kappa shape index (κ1) is 42.8. The van der Waals surface area contributed by atoms with E-state index < -0.39 is 17.8 Å². The highest BCUT2D eigenvalue weighted by atomic mass is 79.9. The first-order valence-corrected chi connectivity index (χ1v) is 20.7. The van der Waals surface area contributed by atoms with Gasteiger partial charge in [-0.3, -0.25) is 9.59 Å². The van der Waals surface area contributed by atoms with E-state index in [2.05, 4.69) is 93.4 Å². The van der Waals surface area contributed by atoms with Gasteiger partial charge in [0.25, 0.3) is 5.91 Å². The highest BCUT2D eigenvalue weighted by Crippen LogP contribution is 2.41. The predicted octanol–water partition coefficient (Wildman–Crippen LogP) is 9.06. The average molecular weight is 957 g/mol. The van der Waals surface area contributed by atoms with Crippen molar-refractivity contribution in [2.24, 2.45) is 11.1 Å². The summed E-state index contributed by atoms with van der Waals surface area (Å²) >= 11 is 14.0. The Bertz CT molecular complexity index is 1350. The van der Waals surface area contributed by atoms with Gasteiger partial charge < -0.3 is 34.8 Å². The van der Waals surface area contributed by atoms with Crippen LogP contribution in [-0.2, 0) is 30.3 Å². The average Bonchev–Trinajstić information content (AvgIpc) is 3.31. The highest BCUT2D eigenvalue weighted by molar-refractivity contribution is 9.12. The monoisotopic (exact) mass is 953 g/mol. The number of nitrogens with one attached hydrogen (secondary N) is 2. The van der Waals surface area contributed by atoms with Crippen molar-refractivity contribution in [1.82, 2.24) is 10.6 Å². The first-order chi connectivity index (χ1) is 24.0. The van der Waals surface area contributed by atoms with E-state index in [0.29, 0.717) is 52.9 Å². The molecular weight excluding hydrogens is 906 g/mol. The van der Waals surface area contributed by atoms with Crippen molar-refractivity contribution in [3.05, 3.63) is 47.6 Å². The Morgan fingerprint density at radius 3 is 2.24 bits per heavy atom. The number of unbranched alkanes of at least 4 members (excludes halogenated alkanes) is 8. The number of methoxy groups -OCH3 is 1. The van der Waals surface area contributed by atoms with Crippen LogP contribution < -0.4 is 15.4 Å². The van der Waals surface area contributed by atoms with Crippen molar-refractivity contribution in [3.63, 3.8) is 0 Å². The molecule has 0 bridgehead atoms. The number of amides is 2. The summed E-state index contributed by atoms with van der Waals surface area (Å²) in [6.07, 6.45) is 14.3. The molecule has 0 radical (unpaired) electrons. The fourth-order valence-corrected chi connectivity index (χ4v) is 8.68. The quantitative estimate of drug-likeness (QED) is 0.0991. The number of carbonyl (C=O) groups is 2. The molecule has 2 amide bonds. The maximum absolute atomic E-state index is 12.8. The third-order valence-electron chi connectivity index (χ3n) is 8.47. The van der Waals surface area contributed by atoms with Crippen molar-refractivity contribution in [1.29, 1.82) is 0 Å². The molecule has 1 aromatic carbocycles. The molecule has 2 aliphatic heterocycles. The molecule has 50 heavy (non-hydrogen) atoms. The van der Waals surface area contributed by atoms with Gasteiger partial charge in [0.15, 0.2) is 11.8 Å². The minimum atomic E-state index is -1.60. The molecule has 2 heterocycles. The van der Waals surface area contributed by atoms with Gasteiger partial charge in [-0.2, -0.15) is 0 Å². The van der Waals surface area contributed by atoms with Gasteiger partial charge in [0.2, 0.25) is 5.91 Å². The second-order valence-corrected chi connectivity index (χ2v) is 16.6. The third kappa shape index (κ3) is 13.7. The van der Waals surface area contributed by atoms with Gasteiger partial charge >= 0.3 is 5.79 Å². The van der Waals surface area contributed by atoms with Crippen molar-refractivity contribution in [3.8, 4) is 5.75 Å². The molecule has 2 unspecified atom stereocenters. The van der Waals surface area contributed by atoms with Gasteiger partial charge in [-0.25, -0.2) is 0 Å². The zero-order chi connectivity index (χ0) is 36.5. The van der Waals surface area contributed by atoms with E-state index in [1.165, 1.54) is 64.7 Å². The number of hydrogen-bond donors (Lipinski definition) is 3. The summed E-state index contributed by atoms with van der Waals surface area (Å²) in [5.74, 6) is -0.111. The Hall–Kier alpha value is -1.61. The molecule has 0 saturated heterocycles. The number of aliphatic hydroxyl groups excluding tert-OH is 1. The minimum Gasteiger partial charge on any atom is -0.495 e. The zero-order valence-electron chi connectivity index (χ0n) is 29.3. The summed E-state index contributed by atoms with van der Waals surface area (Å²) < 4.78 is 19.7. The number of carbonyl (C=O) groups excluding carboxylic acids is 2. The molecule has 0 aromatic heterocycles. The van der Waals surface area contributed by atoms with E-state index in [9.17, 15) is 14.7 Å². The van der Waals surface area contributed by atoms with Crippen molar-refractivity contribution in [2.75, 3.05) is 26.8 Å². The van der Waals surface area contributed by atoms with E-state index in [4.69, 9.17) is 19.0 Å². The van der Waals surface area contributed by atoms with Crippen LogP contribution in [0.15, 0.2) is 47.2 Å². The van der Waals surface area contributed by atoms with Crippen LogP contribution in [0.25, 0.3) is 0 Å². The molecule has 3 N–H and O–H groups in total. The van der Waals surface area contributed by atoms with E-state index in [1.807, 2.05) is 12.1 Å². The highest BCUT2D eigenvalue weighted by Gasteiger charge is 2.54. The topological polar surface area (TPSA) is 128 Å². The lowest BCUT2D eigenvalue weighted by Crippen LogP contribution is -2.49. The summed E-state index contributed by atoms with van der Waals surface area (Å²) in [6.45, 7) is 5.78. The van der Waals surface area contributed by atoms with Crippen molar-refractivity contribution >= 4 is 81.2 Å². The Morgan fingerprint density at radius 1 is 0.960 bits per heavy atom. The Kier molecular flexibility index (Phi) is 19.2. The lowest BCUT2D eigenvalue weighted by molar-refractivity contribution is -0.225. The summed E-state index contributed by atoms with van der Waals surface area (Å²) in [5, 5.41) is 20.5. The minimum absolute atomic E-state index is 0.0629. The van der Waals surface area contributed by atoms with E-state index >= 15 is 0 Å². The summed E-state index contributed by atoms with van der Waals surface area (Å²) in [6, 6.07) is 3.97. The van der Waals surface area contributed by atoms with E-state index in [0.717, 1.165) is 33.3 Å². The number of allylic oxidation sites excluding steroid dienone is 1. The van der Waals surface area contributed by atoms with Crippen LogP contribution in [0.1, 0.15) is 103 Å². The van der Waals surface area contributed by atoms with Crippen LogP contribution >= 0.6 is 63.7 Å². The lowest BCUT2D eigenvalue weighted by atomic mass is 10.0. The molecule has 2 aliphatic rings. The molecule has 280 valence electrons. The fourth-order valence-electron chi connectivity index (χ4n) is 5.64. The summed E-state index contributed by atoms with van der Waals surface area (Å²) in [7, 11) is 1.51. The molecule has 0 saturated carbocycles. The Labute approximate surface area is 330 Å². The number of aliphatic hydroxyl groups is 1. The molecule has 1 spiro atoms. The summed E-state index contributed by atoms with van der Waals surface area (Å²) in [4.78, 5) is 30.6. The normalized spacial score (nSPS) is 18.7. The van der Waals surface area contributed by atoms with E-state index in [1.54, 1.807) is 0 Å². The molecule has 3 rings (SSSR count). The van der Waals surface area contributed by atoms with Crippen LogP contribution in [0.2, 0.25) is 0 Å². The Balaban J connectivity index is 1.28. The number of oxime groups is 1. The SMILES string of the molecule is COC1=C(Br)CC2(OC=C1Br)ON=C(C(=O)NCCCOc1c(Br)cc(CCNC(=O)CCCCCCCCCCCC(C)C)cc1Br)C2O. The molecule has 1 aromatic rings. The van der Waals surface area contributed by atoms with Gasteiger partial charge in [-0.1, -0.05) is 92.7 Å². The van der Waals surface area contributed by atoms with Crippen LogP contribution in [0, 0.1) is 5.92 Å². The molecular formula is C36H51Br4N3O7. The number of rotatable bonds is 22. The first-order valence-electron chi connectivity index (χ1n) is 17.5. The second kappa shape index (κ2) is 22.5. The third-order valence-corrected chi connectivity index (χ3v) is 10.8. The van der Waals surface area contributed by atoms with Gasteiger partial charge in [-0.05, 0) is 90.7 Å². The molecule has 10 nitrogen and oxygen atoms in total. The lowest BCUT2D eigenvalue weighted by Gasteiger charge is -2.27. The predicted molar refractivity (Wildman–Crippen MR) is 210 cm³/mol. The zero-order valence-corrected chi connectivity index (χ0v) is 35.6. The van der Waals surface area contributed by atoms with Crippen LogP contribution in [0.4, 0.5) is 0 Å². The maximum Gasteiger partial charge on any atom is 0.311 e. The molecule has 0 fully saturated rings. The van der Waals surface area contributed by atoms with Gasteiger partial charge in [-0.15, -0.1) is 0 Å². The molecule has 0 aliphatic carbocycles. The van der Waals surface area contributed by atoms with Gasteiger partial charge in [0.1, 0.15) is 17.8 Å². The number of halogens is 4. The van der Waals surface area contributed by atoms with Crippen molar-refractivity contribution < 1.29 is 33.7 Å². The molecule has 14 heteroatoms. The van der Waals surface area contributed by atoms with Crippen molar-refractivity contribution in [2.45, 2.75) is 116 Å². The smallest absolute Gasteiger partial charge is 0.311 e. The van der Waals surface area contributed by atoms with Gasteiger partial charge in [0, 0.05) is 24.0 Å². The Morgan fingerprint density at radius 2 is 1.60 bits per heavy atom. The van der Waals surface area contributed by atoms with Crippen LogP contribution in [0.5, 0.6) is 5.75 Å². The summed E-state index contributed by atoms with van der Waals surface area (Å²) in [5.41, 5.74) is 0.878. The maximum atomic E-state index is 12.8. The van der Waals surface area contributed by atoms with Gasteiger partial charge in [0.05, 0.1) is 33.6 Å².